The van der Waals surface area contributed by atoms with E-state index >= 15 is 0 Å². The number of hydrogen-bond acceptors (Lipinski definition) is 7. The van der Waals surface area contributed by atoms with Crippen molar-refractivity contribution in [2.24, 2.45) is 0 Å². The highest BCUT2D eigenvalue weighted by atomic mass is 16.5. The van der Waals surface area contributed by atoms with E-state index in [1.807, 2.05) is 24.3 Å². The predicted octanol–water partition coefficient (Wildman–Crippen LogP) is 1.79. The third-order valence-electron chi connectivity index (χ3n) is 4.57. The van der Waals surface area contributed by atoms with Crippen molar-refractivity contribution in [2.45, 2.75) is 25.4 Å². The highest BCUT2D eigenvalue weighted by Gasteiger charge is 2.51. The van der Waals surface area contributed by atoms with Crippen LogP contribution in [0.5, 0.6) is 0 Å². The Morgan fingerprint density at radius 2 is 2.04 bits per heavy atom. The number of carbonyl (C=O) groups is 2. The van der Waals surface area contributed by atoms with E-state index < -0.39 is 11.4 Å². The zero-order valence-electron chi connectivity index (χ0n) is 13.8. The average Bonchev–Trinajstić information content (AvgIpc) is 3.14. The first kappa shape index (κ1) is 15.4. The highest BCUT2D eigenvalue weighted by molar-refractivity contribution is 6.19. The molecule has 3 heterocycles. The number of aromatic nitrogens is 2. The molecule has 2 aliphatic heterocycles. The minimum absolute atomic E-state index is 0.219. The van der Waals surface area contributed by atoms with Crippen molar-refractivity contribution in [3.63, 3.8) is 0 Å². The summed E-state index contributed by atoms with van der Waals surface area (Å²) in [7, 11) is 0. The second kappa shape index (κ2) is 5.44. The molecule has 2 unspecified atom stereocenters. The van der Waals surface area contributed by atoms with Crippen LogP contribution in [0.3, 0.4) is 0 Å². The maximum absolute atomic E-state index is 12.4. The number of ether oxygens (including phenoxy) is 1. The molecule has 8 nitrogen and oxygen atoms in total. The largest absolute Gasteiger partial charge is 0.465 e. The fraction of sp³-hybridized carbons (Fsp3) is 0.294. The van der Waals surface area contributed by atoms with Gasteiger partial charge in [-0.05, 0) is 38.1 Å². The predicted molar refractivity (Wildman–Crippen MR) is 91.1 cm³/mol. The van der Waals surface area contributed by atoms with E-state index in [-0.39, 0.29) is 18.7 Å². The minimum Gasteiger partial charge on any atom is -0.465 e. The van der Waals surface area contributed by atoms with Crippen LogP contribution in [0, 0.1) is 0 Å². The van der Waals surface area contributed by atoms with Gasteiger partial charge >= 0.3 is 5.97 Å². The molecule has 1 aromatic heterocycles. The van der Waals surface area contributed by atoms with E-state index in [0.29, 0.717) is 11.3 Å². The van der Waals surface area contributed by atoms with Crippen LogP contribution in [0.25, 0.3) is 0 Å². The van der Waals surface area contributed by atoms with Crippen molar-refractivity contribution in [3.8, 4) is 0 Å². The summed E-state index contributed by atoms with van der Waals surface area (Å²) < 4.78 is 5.11. The molecule has 0 aliphatic carbocycles. The number of rotatable bonds is 3. The van der Waals surface area contributed by atoms with Gasteiger partial charge in [-0.2, -0.15) is 10.2 Å². The summed E-state index contributed by atoms with van der Waals surface area (Å²) in [5, 5.41) is 17.4. The molecular formula is C17H17N5O3. The van der Waals surface area contributed by atoms with Gasteiger partial charge in [0, 0.05) is 17.4 Å². The number of nitrogens with one attached hydrogen (secondary N) is 3. The second-order valence-corrected chi connectivity index (χ2v) is 6.11. The molecule has 8 heteroatoms. The Morgan fingerprint density at radius 1 is 1.28 bits per heavy atom. The van der Waals surface area contributed by atoms with Crippen LogP contribution in [0.15, 0.2) is 30.5 Å². The Hall–Kier alpha value is -3.16. The first-order valence-electron chi connectivity index (χ1n) is 8.02. The molecule has 0 saturated carbocycles. The third-order valence-corrected chi connectivity index (χ3v) is 4.57. The Bertz CT molecular complexity index is 870. The van der Waals surface area contributed by atoms with Crippen LogP contribution < -0.4 is 16.0 Å². The Labute approximate surface area is 144 Å². The Balaban J connectivity index is 1.71. The molecule has 0 bridgehead atoms. The Kier molecular flexibility index (Phi) is 3.34. The molecule has 25 heavy (non-hydrogen) atoms. The van der Waals surface area contributed by atoms with E-state index in [2.05, 4.69) is 26.1 Å². The molecule has 0 fully saturated rings. The van der Waals surface area contributed by atoms with Crippen molar-refractivity contribution < 1.29 is 14.3 Å². The molecule has 4 rings (SSSR count). The van der Waals surface area contributed by atoms with Gasteiger partial charge < -0.3 is 20.7 Å². The molecule has 128 valence electrons. The number of carbonyl (C=O) groups excluding carboxylic acids is 2. The van der Waals surface area contributed by atoms with E-state index in [1.165, 1.54) is 0 Å². The summed E-state index contributed by atoms with van der Waals surface area (Å²) in [4.78, 5) is 24.8. The van der Waals surface area contributed by atoms with Crippen LogP contribution in [-0.4, -0.2) is 28.7 Å². The van der Waals surface area contributed by atoms with Crippen molar-refractivity contribution in [1.82, 2.24) is 10.2 Å². The lowest BCUT2D eigenvalue weighted by Crippen LogP contribution is -2.40. The van der Waals surface area contributed by atoms with Gasteiger partial charge in [-0.1, -0.05) is 0 Å². The van der Waals surface area contributed by atoms with Gasteiger partial charge in [0.1, 0.15) is 11.9 Å². The monoisotopic (exact) mass is 339 g/mol. The van der Waals surface area contributed by atoms with E-state index in [1.54, 1.807) is 20.0 Å². The maximum atomic E-state index is 12.4. The topological polar surface area (TPSA) is 105 Å². The number of anilines is 3. The summed E-state index contributed by atoms with van der Waals surface area (Å²) in [6, 6.07) is 7.30. The van der Waals surface area contributed by atoms with Crippen molar-refractivity contribution in [2.75, 3.05) is 22.6 Å². The zero-order valence-corrected chi connectivity index (χ0v) is 13.8. The fourth-order valence-corrected chi connectivity index (χ4v) is 3.17. The number of amides is 1. The zero-order chi connectivity index (χ0) is 17.6. The smallest absolute Gasteiger partial charge is 0.326 e. The molecule has 0 spiro atoms. The first-order chi connectivity index (χ1) is 12.0. The number of hydrogen-bond donors (Lipinski definition) is 3. The van der Waals surface area contributed by atoms with Crippen molar-refractivity contribution in [1.29, 1.82) is 0 Å². The van der Waals surface area contributed by atoms with Crippen LogP contribution >= 0.6 is 0 Å². The number of benzene rings is 1. The normalized spacial score (nSPS) is 23.1. The molecule has 2 aromatic rings. The van der Waals surface area contributed by atoms with Gasteiger partial charge in [-0.3, -0.25) is 9.59 Å². The first-order valence-corrected chi connectivity index (χ1v) is 8.02. The van der Waals surface area contributed by atoms with Crippen LogP contribution in [0.1, 0.15) is 31.3 Å². The average molecular weight is 339 g/mol. The Morgan fingerprint density at radius 3 is 2.72 bits per heavy atom. The molecule has 1 amide bonds. The van der Waals surface area contributed by atoms with Gasteiger partial charge in [0.25, 0.3) is 0 Å². The van der Waals surface area contributed by atoms with Crippen LogP contribution in [-0.2, 0) is 19.7 Å². The number of fused-ring (bicyclic) bond motifs is 2. The highest BCUT2D eigenvalue weighted by Crippen LogP contribution is 2.46. The van der Waals surface area contributed by atoms with Gasteiger partial charge in [0.2, 0.25) is 5.91 Å². The lowest BCUT2D eigenvalue weighted by Gasteiger charge is -2.20. The van der Waals surface area contributed by atoms with Crippen molar-refractivity contribution >= 4 is 28.9 Å². The molecule has 0 radical (unpaired) electrons. The van der Waals surface area contributed by atoms with Gasteiger partial charge in [0.15, 0.2) is 5.41 Å². The quantitative estimate of drug-likeness (QED) is 0.578. The number of esters is 1. The van der Waals surface area contributed by atoms with E-state index in [9.17, 15) is 9.59 Å². The molecular weight excluding hydrogens is 322 g/mol. The second-order valence-electron chi connectivity index (χ2n) is 6.11. The molecule has 2 aliphatic rings. The van der Waals surface area contributed by atoms with Crippen LogP contribution in [0.2, 0.25) is 0 Å². The third kappa shape index (κ3) is 2.21. The lowest BCUT2D eigenvalue weighted by molar-refractivity contribution is -0.152. The maximum Gasteiger partial charge on any atom is 0.326 e. The van der Waals surface area contributed by atoms with Crippen molar-refractivity contribution in [3.05, 3.63) is 41.7 Å². The van der Waals surface area contributed by atoms with E-state index in [4.69, 9.17) is 4.74 Å². The SMILES string of the molecule is CCOC(=O)C1(C)C(=O)Nc2cc3c(cc21)NC(c1cccnn1)N3. The van der Waals surface area contributed by atoms with Gasteiger partial charge in [-0.25, -0.2) is 0 Å². The number of nitrogens with zero attached hydrogens (tertiary/aromatic N) is 2. The summed E-state index contributed by atoms with van der Waals surface area (Å²) in [6.45, 7) is 3.52. The molecule has 0 saturated heterocycles. The van der Waals surface area contributed by atoms with Gasteiger partial charge in [-0.15, -0.1) is 0 Å². The summed E-state index contributed by atoms with van der Waals surface area (Å²) in [5.41, 5.74) is 2.21. The van der Waals surface area contributed by atoms with Crippen LogP contribution in [0.4, 0.5) is 17.1 Å². The minimum atomic E-state index is -1.35. The fourth-order valence-electron chi connectivity index (χ4n) is 3.17. The molecule has 1 aromatic carbocycles. The summed E-state index contributed by atoms with van der Waals surface area (Å²) in [6.07, 6.45) is 1.39. The lowest BCUT2D eigenvalue weighted by atomic mass is 9.83. The summed E-state index contributed by atoms with van der Waals surface area (Å²) >= 11 is 0. The molecule has 2 atom stereocenters. The van der Waals surface area contributed by atoms with E-state index in [0.717, 1.165) is 17.1 Å². The standard InChI is InChI=1S/C17H17N5O3/c1-3-25-16(24)17(2)9-7-12-13(8-11(9)21-15(17)23)20-14(19-12)10-5-4-6-18-22-10/h4-8,14,19-20H,3H2,1-2H3,(H,21,23). The summed E-state index contributed by atoms with van der Waals surface area (Å²) in [5.74, 6) is -0.933. The van der Waals surface area contributed by atoms with Gasteiger partial charge in [0.05, 0.1) is 18.0 Å². The molecule has 3 N–H and O–H groups in total.